The summed E-state index contributed by atoms with van der Waals surface area (Å²) in [5, 5.41) is 51.2. The van der Waals surface area contributed by atoms with Crippen LogP contribution < -0.4 is 10.6 Å². The van der Waals surface area contributed by atoms with E-state index in [2.05, 4.69) is 20.6 Å². The molecule has 11 nitrogen and oxygen atoms in total. The van der Waals surface area contributed by atoms with E-state index in [9.17, 15) is 20.4 Å². The minimum atomic E-state index is -1.07. The molecule has 3 aromatic heterocycles. The van der Waals surface area contributed by atoms with Gasteiger partial charge in [0.1, 0.15) is 28.0 Å². The highest BCUT2D eigenvalue weighted by atomic mass is 32.1. The number of hydrogen-bond donors (Lipinski definition) is 6. The maximum Gasteiger partial charge on any atom is 0.225 e. The number of anilines is 2. The topological polar surface area (TPSA) is 166 Å². The van der Waals surface area contributed by atoms with Crippen LogP contribution in [-0.4, -0.2) is 89.6 Å². The van der Waals surface area contributed by atoms with Gasteiger partial charge >= 0.3 is 0 Å². The van der Waals surface area contributed by atoms with Crippen molar-refractivity contribution in [3.05, 3.63) is 23.7 Å². The first-order valence-electron chi connectivity index (χ1n) is 13.7. The second kappa shape index (κ2) is 10.2. The van der Waals surface area contributed by atoms with E-state index in [0.717, 1.165) is 33.8 Å². The number of aliphatic hydroxyl groups is 4. The lowest BCUT2D eigenvalue weighted by Crippen LogP contribution is -2.42. The van der Waals surface area contributed by atoms with E-state index in [1.54, 1.807) is 6.20 Å². The van der Waals surface area contributed by atoms with Gasteiger partial charge in [-0.3, -0.25) is 4.98 Å². The van der Waals surface area contributed by atoms with Crippen LogP contribution in [-0.2, 0) is 4.74 Å². The fourth-order valence-electron chi connectivity index (χ4n) is 6.32. The van der Waals surface area contributed by atoms with Gasteiger partial charge in [0.2, 0.25) is 5.95 Å². The van der Waals surface area contributed by atoms with Crippen molar-refractivity contribution in [2.75, 3.05) is 30.4 Å². The maximum atomic E-state index is 11.2. The fraction of sp³-hybridized carbons (Fsp3) is 0.630. The quantitative estimate of drug-likeness (QED) is 0.252. The van der Waals surface area contributed by atoms with Crippen LogP contribution in [0.2, 0.25) is 0 Å². The Morgan fingerprint density at radius 3 is 2.56 bits per heavy atom. The molecule has 1 unspecified atom stereocenters. The first-order valence-corrected chi connectivity index (χ1v) is 14.5. The normalized spacial score (nSPS) is 30.3. The molecule has 0 aromatic carbocycles. The Hall–Kier alpha value is -2.48. The number of ether oxygens (including phenoxy) is 1. The Labute approximate surface area is 230 Å². The third-order valence-corrected chi connectivity index (χ3v) is 9.65. The fourth-order valence-corrected chi connectivity index (χ4v) is 7.44. The molecule has 1 saturated heterocycles. The molecule has 3 fully saturated rings. The summed E-state index contributed by atoms with van der Waals surface area (Å²) in [5.41, 5.74) is 1.06. The zero-order chi connectivity index (χ0) is 27.4. The zero-order valence-corrected chi connectivity index (χ0v) is 23.0. The Morgan fingerprint density at radius 1 is 1.05 bits per heavy atom. The van der Waals surface area contributed by atoms with Gasteiger partial charge in [0.25, 0.3) is 0 Å². The lowest BCUT2D eigenvalue weighted by Gasteiger charge is -2.32. The van der Waals surface area contributed by atoms with E-state index >= 15 is 0 Å². The smallest absolute Gasteiger partial charge is 0.225 e. The van der Waals surface area contributed by atoms with Crippen molar-refractivity contribution in [3.63, 3.8) is 0 Å². The molecular weight excluding hydrogens is 520 g/mol. The van der Waals surface area contributed by atoms with Gasteiger partial charge in [-0.2, -0.15) is 4.98 Å². The highest BCUT2D eigenvalue weighted by molar-refractivity contribution is 7.21. The van der Waals surface area contributed by atoms with Crippen LogP contribution in [0, 0.1) is 19.8 Å². The summed E-state index contributed by atoms with van der Waals surface area (Å²) in [6.07, 6.45) is 3.68. The van der Waals surface area contributed by atoms with Crippen LogP contribution in [0.3, 0.4) is 0 Å². The van der Waals surface area contributed by atoms with Crippen LogP contribution in [0.1, 0.15) is 49.9 Å². The SMILES string of the molecule is Cc1nc(NCC2(O)CCOC2)nc(N[C@@H]2C[C@H](C3(O)CCCC3)[C@@H](O)[C@H]2O)c1-c1nc2c(C)nccc2s1. The minimum Gasteiger partial charge on any atom is -0.390 e. The second-order valence-corrected chi connectivity index (χ2v) is 12.4. The van der Waals surface area contributed by atoms with E-state index < -0.39 is 35.4 Å². The molecule has 5 atom stereocenters. The van der Waals surface area contributed by atoms with Crippen LogP contribution in [0.4, 0.5) is 11.8 Å². The maximum absolute atomic E-state index is 11.2. The number of aromatic nitrogens is 4. The van der Waals surface area contributed by atoms with Crippen LogP contribution in [0.25, 0.3) is 20.8 Å². The Morgan fingerprint density at radius 2 is 1.85 bits per heavy atom. The molecule has 6 rings (SSSR count). The van der Waals surface area contributed by atoms with E-state index in [1.165, 1.54) is 11.3 Å². The molecule has 2 saturated carbocycles. The number of rotatable bonds is 7. The van der Waals surface area contributed by atoms with Gasteiger partial charge in [0.15, 0.2) is 0 Å². The summed E-state index contributed by atoms with van der Waals surface area (Å²) >= 11 is 1.51. The van der Waals surface area contributed by atoms with Crippen molar-refractivity contribution in [1.82, 2.24) is 19.9 Å². The summed E-state index contributed by atoms with van der Waals surface area (Å²) in [7, 11) is 0. The van der Waals surface area contributed by atoms with Crippen LogP contribution in [0.5, 0.6) is 0 Å². The molecule has 0 spiro atoms. The van der Waals surface area contributed by atoms with Crippen LogP contribution >= 0.6 is 11.3 Å². The van der Waals surface area contributed by atoms with Crippen molar-refractivity contribution >= 4 is 33.3 Å². The number of hydrogen-bond acceptors (Lipinski definition) is 12. The van der Waals surface area contributed by atoms with Gasteiger partial charge in [-0.05, 0) is 39.2 Å². The van der Waals surface area contributed by atoms with Crippen molar-refractivity contribution in [3.8, 4) is 10.6 Å². The summed E-state index contributed by atoms with van der Waals surface area (Å²) in [4.78, 5) is 18.7. The number of aliphatic hydroxyl groups excluding tert-OH is 2. The molecule has 0 amide bonds. The molecule has 1 aliphatic heterocycles. The Kier molecular flexibility index (Phi) is 6.97. The lowest BCUT2D eigenvalue weighted by molar-refractivity contribution is -0.0763. The van der Waals surface area contributed by atoms with E-state index in [0.29, 0.717) is 55.3 Å². The average molecular weight is 557 g/mol. The van der Waals surface area contributed by atoms with E-state index in [4.69, 9.17) is 14.7 Å². The number of fused-ring (bicyclic) bond motifs is 1. The molecule has 3 aromatic rings. The number of nitrogens with one attached hydrogen (secondary N) is 2. The van der Waals surface area contributed by atoms with Gasteiger partial charge < -0.3 is 35.8 Å². The molecule has 0 radical (unpaired) electrons. The third kappa shape index (κ3) is 4.98. The van der Waals surface area contributed by atoms with Crippen molar-refractivity contribution in [2.24, 2.45) is 5.92 Å². The van der Waals surface area contributed by atoms with Gasteiger partial charge in [0, 0.05) is 31.7 Å². The average Bonchev–Trinajstić information content (AvgIpc) is 3.69. The predicted octanol–water partition coefficient (Wildman–Crippen LogP) is 2.16. The summed E-state index contributed by atoms with van der Waals surface area (Å²) < 4.78 is 6.35. The zero-order valence-electron chi connectivity index (χ0n) is 22.2. The largest absolute Gasteiger partial charge is 0.390 e. The molecular formula is C27H36N6O5S. The first-order chi connectivity index (χ1) is 18.7. The number of pyridine rings is 1. The third-order valence-electron chi connectivity index (χ3n) is 8.62. The van der Waals surface area contributed by atoms with Gasteiger partial charge in [-0.25, -0.2) is 9.97 Å². The molecule has 6 N–H and O–H groups in total. The van der Waals surface area contributed by atoms with Gasteiger partial charge in [-0.1, -0.05) is 12.8 Å². The Bertz CT molecular complexity index is 1360. The predicted molar refractivity (Wildman–Crippen MR) is 148 cm³/mol. The molecule has 210 valence electrons. The summed E-state index contributed by atoms with van der Waals surface area (Å²) in [5.74, 6) is 0.376. The van der Waals surface area contributed by atoms with Crippen molar-refractivity contribution < 1.29 is 25.2 Å². The van der Waals surface area contributed by atoms with Gasteiger partial charge in [-0.15, -0.1) is 11.3 Å². The minimum absolute atomic E-state index is 0.233. The van der Waals surface area contributed by atoms with Gasteiger partial charge in [0.05, 0.1) is 46.0 Å². The standard InChI is InChI=1S/C27H36N6O5S/c1-14-19(24-32-20-15(2)28-9-5-18(20)39-24)23(33-25(30-14)29-12-26(36)8-10-38-13-26)31-17-11-16(21(34)22(17)35)27(37)6-3-4-7-27/h5,9,16-17,21-22,34-37H,3-4,6-8,10-13H2,1-2H3,(H2,29,30,31,33)/t16-,17+,21+,22-,26?/m0/s1. The van der Waals surface area contributed by atoms with Crippen molar-refractivity contribution in [1.29, 1.82) is 0 Å². The molecule has 39 heavy (non-hydrogen) atoms. The van der Waals surface area contributed by atoms with Crippen LogP contribution in [0.15, 0.2) is 12.3 Å². The number of thiazole rings is 1. The van der Waals surface area contributed by atoms with E-state index in [1.807, 2.05) is 19.9 Å². The molecule has 0 bridgehead atoms. The molecule has 4 heterocycles. The highest BCUT2D eigenvalue weighted by Gasteiger charge is 2.52. The second-order valence-electron chi connectivity index (χ2n) is 11.4. The van der Waals surface area contributed by atoms with Crippen molar-refractivity contribution in [2.45, 2.75) is 81.8 Å². The highest BCUT2D eigenvalue weighted by Crippen LogP contribution is 2.45. The number of aryl methyl sites for hydroxylation is 2. The summed E-state index contributed by atoms with van der Waals surface area (Å²) in [6.45, 7) is 4.78. The molecule has 2 aliphatic carbocycles. The molecule has 3 aliphatic rings. The first kappa shape index (κ1) is 26.7. The molecule has 12 heteroatoms. The number of nitrogens with zero attached hydrogens (tertiary/aromatic N) is 4. The Balaban J connectivity index is 1.35. The summed E-state index contributed by atoms with van der Waals surface area (Å²) in [6, 6.07) is 1.40. The van der Waals surface area contributed by atoms with E-state index in [-0.39, 0.29) is 13.2 Å². The monoisotopic (exact) mass is 556 g/mol. The lowest BCUT2D eigenvalue weighted by atomic mass is 9.83.